The first-order valence-corrected chi connectivity index (χ1v) is 12.4. The molecule has 0 aliphatic heterocycles. The van der Waals surface area contributed by atoms with Crippen LogP contribution in [0.4, 0.5) is 0 Å². The fourth-order valence-electron chi connectivity index (χ4n) is 5.41. The lowest BCUT2D eigenvalue weighted by Crippen LogP contribution is -2.30. The van der Waals surface area contributed by atoms with E-state index in [9.17, 15) is 5.26 Å². The molecule has 0 N–H and O–H groups in total. The number of nitriles is 1. The fraction of sp³-hybridized carbons (Fsp3) is 0.333. The molecule has 1 aliphatic rings. The van der Waals surface area contributed by atoms with E-state index in [4.69, 9.17) is 0 Å². The first kappa shape index (κ1) is 22.4. The van der Waals surface area contributed by atoms with E-state index in [1.165, 1.54) is 54.1 Å². The van der Waals surface area contributed by atoms with Gasteiger partial charge in [-0.25, -0.2) is 4.98 Å². The summed E-state index contributed by atoms with van der Waals surface area (Å²) in [7, 11) is 2.07. The van der Waals surface area contributed by atoms with Crippen molar-refractivity contribution in [1.82, 2.24) is 14.5 Å². The Morgan fingerprint density at radius 1 is 0.971 bits per heavy atom. The Bertz CT molecular complexity index is 1300. The van der Waals surface area contributed by atoms with Crippen LogP contribution in [0, 0.1) is 17.2 Å². The summed E-state index contributed by atoms with van der Waals surface area (Å²) in [5, 5.41) is 12.3. The number of aromatic nitrogens is 2. The number of benzene rings is 3. The molecule has 4 heteroatoms. The second kappa shape index (κ2) is 10.2. The number of aryl methyl sites for hydroxylation is 1. The van der Waals surface area contributed by atoms with Gasteiger partial charge in [-0.2, -0.15) is 5.26 Å². The zero-order valence-electron chi connectivity index (χ0n) is 20.0. The average molecular weight is 449 g/mol. The normalized spacial score (nSPS) is 14.5. The van der Waals surface area contributed by atoms with Crippen LogP contribution in [-0.4, -0.2) is 21.0 Å². The third-order valence-corrected chi connectivity index (χ3v) is 7.23. The lowest BCUT2D eigenvalue weighted by Gasteiger charge is -2.30. The lowest BCUT2D eigenvalue weighted by atomic mass is 9.88. The molecule has 0 atom stereocenters. The minimum absolute atomic E-state index is 0.727. The van der Waals surface area contributed by atoms with Crippen LogP contribution >= 0.6 is 0 Å². The van der Waals surface area contributed by atoms with Gasteiger partial charge in [0.05, 0.1) is 23.7 Å². The Morgan fingerprint density at radius 2 is 1.79 bits per heavy atom. The van der Waals surface area contributed by atoms with Gasteiger partial charge in [0, 0.05) is 38.4 Å². The molecule has 3 aromatic carbocycles. The molecule has 0 unspecified atom stereocenters. The van der Waals surface area contributed by atoms with Crippen LogP contribution in [0.1, 0.15) is 48.9 Å². The maximum absolute atomic E-state index is 9.87. The van der Waals surface area contributed by atoms with Gasteiger partial charge >= 0.3 is 0 Å². The molecule has 4 aromatic rings. The van der Waals surface area contributed by atoms with Gasteiger partial charge in [0.25, 0.3) is 0 Å². The highest BCUT2D eigenvalue weighted by Crippen LogP contribution is 2.32. The van der Waals surface area contributed by atoms with E-state index in [-0.39, 0.29) is 0 Å². The summed E-state index contributed by atoms with van der Waals surface area (Å²) in [6.45, 7) is 2.86. The quantitative estimate of drug-likeness (QED) is 0.316. The summed E-state index contributed by atoms with van der Waals surface area (Å²) in [6, 6.07) is 23.6. The molecule has 1 saturated carbocycles. The predicted octanol–water partition coefficient (Wildman–Crippen LogP) is 6.69. The van der Waals surface area contributed by atoms with Crippen LogP contribution in [0.2, 0.25) is 0 Å². The first-order valence-electron chi connectivity index (χ1n) is 12.4. The van der Waals surface area contributed by atoms with Gasteiger partial charge in [-0.05, 0) is 52.8 Å². The molecule has 1 aliphatic carbocycles. The minimum Gasteiger partial charge on any atom is -0.337 e. The average Bonchev–Trinajstić information content (AvgIpc) is 3.28. The molecule has 0 amide bonds. The summed E-state index contributed by atoms with van der Waals surface area (Å²) < 4.78 is 2.12. The molecule has 0 bridgehead atoms. The van der Waals surface area contributed by atoms with Crippen molar-refractivity contribution in [2.45, 2.75) is 45.2 Å². The van der Waals surface area contributed by atoms with E-state index in [1.807, 2.05) is 18.6 Å². The monoisotopic (exact) mass is 448 g/mol. The summed E-state index contributed by atoms with van der Waals surface area (Å²) in [5.41, 5.74) is 5.36. The highest BCUT2D eigenvalue weighted by Gasteiger charge is 2.19. The van der Waals surface area contributed by atoms with Gasteiger partial charge in [0.1, 0.15) is 0 Å². The van der Waals surface area contributed by atoms with Crippen molar-refractivity contribution < 1.29 is 0 Å². The van der Waals surface area contributed by atoms with Gasteiger partial charge in [-0.1, -0.05) is 67.8 Å². The van der Waals surface area contributed by atoms with Crippen LogP contribution in [-0.2, 0) is 20.1 Å². The number of hydrogen-bond acceptors (Lipinski definition) is 3. The zero-order chi connectivity index (χ0) is 23.3. The van der Waals surface area contributed by atoms with E-state index in [0.717, 1.165) is 42.2 Å². The molecule has 1 fully saturated rings. The molecule has 172 valence electrons. The number of rotatable bonds is 7. The maximum atomic E-state index is 9.87. The SMILES string of the molecule is Cn1cncc1CN(Cc1ccc(C#N)c(-c2cccc3ccccc23)c1)CC1CCCCC1. The van der Waals surface area contributed by atoms with Crippen LogP contribution in [0.3, 0.4) is 0 Å². The molecular formula is C30H32N4. The summed E-state index contributed by atoms with van der Waals surface area (Å²) in [5.74, 6) is 0.762. The number of hydrogen-bond donors (Lipinski definition) is 0. The van der Waals surface area contributed by atoms with Gasteiger partial charge < -0.3 is 4.57 Å². The second-order valence-corrected chi connectivity index (χ2v) is 9.69. The maximum Gasteiger partial charge on any atom is 0.0998 e. The van der Waals surface area contributed by atoms with E-state index < -0.39 is 0 Å². The van der Waals surface area contributed by atoms with Gasteiger partial charge in [-0.3, -0.25) is 4.90 Å². The molecule has 5 rings (SSSR count). The van der Waals surface area contributed by atoms with Crippen LogP contribution < -0.4 is 0 Å². The summed E-state index contributed by atoms with van der Waals surface area (Å²) in [6.07, 6.45) is 10.6. The Labute approximate surface area is 202 Å². The summed E-state index contributed by atoms with van der Waals surface area (Å²) >= 11 is 0. The zero-order valence-corrected chi connectivity index (χ0v) is 20.0. The van der Waals surface area contributed by atoms with Crippen molar-refractivity contribution in [2.75, 3.05) is 6.54 Å². The smallest absolute Gasteiger partial charge is 0.0998 e. The molecule has 0 spiro atoms. The fourth-order valence-corrected chi connectivity index (χ4v) is 5.41. The number of fused-ring (bicyclic) bond motifs is 1. The van der Waals surface area contributed by atoms with Crippen LogP contribution in [0.25, 0.3) is 21.9 Å². The van der Waals surface area contributed by atoms with Crippen molar-refractivity contribution >= 4 is 10.8 Å². The highest BCUT2D eigenvalue weighted by atomic mass is 15.2. The van der Waals surface area contributed by atoms with Crippen molar-refractivity contribution in [1.29, 1.82) is 5.26 Å². The van der Waals surface area contributed by atoms with E-state index >= 15 is 0 Å². The molecule has 0 saturated heterocycles. The molecule has 34 heavy (non-hydrogen) atoms. The van der Waals surface area contributed by atoms with Crippen LogP contribution in [0.15, 0.2) is 73.2 Å². The van der Waals surface area contributed by atoms with E-state index in [1.54, 1.807) is 0 Å². The Kier molecular flexibility index (Phi) is 6.74. The lowest BCUT2D eigenvalue weighted by molar-refractivity contribution is 0.184. The van der Waals surface area contributed by atoms with Crippen molar-refractivity contribution in [2.24, 2.45) is 13.0 Å². The third-order valence-electron chi connectivity index (χ3n) is 7.23. The third kappa shape index (κ3) is 4.90. The molecule has 1 aromatic heterocycles. The van der Waals surface area contributed by atoms with Crippen molar-refractivity contribution in [3.8, 4) is 17.2 Å². The second-order valence-electron chi connectivity index (χ2n) is 9.69. The molecular weight excluding hydrogens is 416 g/mol. The van der Waals surface area contributed by atoms with Crippen molar-refractivity contribution in [3.63, 3.8) is 0 Å². The van der Waals surface area contributed by atoms with Gasteiger partial charge in [0.2, 0.25) is 0 Å². The first-order chi connectivity index (χ1) is 16.7. The van der Waals surface area contributed by atoms with E-state index in [0.29, 0.717) is 0 Å². The standard InChI is InChI=1S/C30H32N4/c1-33-22-32-18-27(33)21-34(19-23-8-3-2-4-9-23)20-24-14-15-26(17-31)30(16-24)29-13-7-11-25-10-5-6-12-28(25)29/h5-7,10-16,18,22-23H,2-4,8-9,19-21H2,1H3. The Hall–Kier alpha value is -3.42. The largest absolute Gasteiger partial charge is 0.337 e. The molecule has 4 nitrogen and oxygen atoms in total. The minimum atomic E-state index is 0.727. The predicted molar refractivity (Wildman–Crippen MR) is 138 cm³/mol. The topological polar surface area (TPSA) is 44.9 Å². The molecule has 0 radical (unpaired) electrons. The van der Waals surface area contributed by atoms with Gasteiger partial charge in [0.15, 0.2) is 0 Å². The van der Waals surface area contributed by atoms with Crippen LogP contribution in [0.5, 0.6) is 0 Å². The molecule has 1 heterocycles. The number of nitrogens with zero attached hydrogens (tertiary/aromatic N) is 4. The Morgan fingerprint density at radius 3 is 2.59 bits per heavy atom. The number of imidazole rings is 1. The highest BCUT2D eigenvalue weighted by molar-refractivity contribution is 5.97. The van der Waals surface area contributed by atoms with Crippen molar-refractivity contribution in [3.05, 3.63) is 90.0 Å². The Balaban J connectivity index is 1.47. The van der Waals surface area contributed by atoms with E-state index in [2.05, 4.69) is 82.2 Å². The van der Waals surface area contributed by atoms with Gasteiger partial charge in [-0.15, -0.1) is 0 Å². The summed E-state index contributed by atoms with van der Waals surface area (Å²) in [4.78, 5) is 6.90.